The summed E-state index contributed by atoms with van der Waals surface area (Å²) in [6.45, 7) is 6.32. The van der Waals surface area contributed by atoms with Crippen LogP contribution >= 0.6 is 0 Å². The van der Waals surface area contributed by atoms with Crippen molar-refractivity contribution < 1.29 is 9.59 Å². The first-order valence-electron chi connectivity index (χ1n) is 9.48. The molecule has 7 heteroatoms. The highest BCUT2D eigenvalue weighted by atomic mass is 16.2. The number of hydrogen-bond acceptors (Lipinski definition) is 5. The van der Waals surface area contributed by atoms with Gasteiger partial charge in [-0.05, 0) is 25.8 Å². The topological polar surface area (TPSA) is 76.7 Å². The Hall–Kier alpha value is -1.18. The maximum atomic E-state index is 12.1. The molecule has 3 fully saturated rings. The summed E-state index contributed by atoms with van der Waals surface area (Å²) in [5, 5.41) is 8.82. The van der Waals surface area contributed by atoms with Crippen LogP contribution in [0, 0.1) is 0 Å². The van der Waals surface area contributed by atoms with Crippen molar-refractivity contribution in [1.82, 2.24) is 25.8 Å². The van der Waals surface area contributed by atoms with E-state index >= 15 is 0 Å². The normalized spacial score (nSPS) is 27.1. The predicted molar refractivity (Wildman–Crippen MR) is 92.8 cm³/mol. The average molecular weight is 337 g/mol. The summed E-state index contributed by atoms with van der Waals surface area (Å²) in [7, 11) is 0. The standard InChI is InChI=1S/C17H31N5O2/c23-16(20-17(24)19-14-4-2-1-3-5-14)13-21-8-10-22(11-9-21)15-6-7-18-12-15/h14-15,18H,1-13H2,(H2,19,20,23,24). The Bertz CT molecular complexity index is 425. The minimum atomic E-state index is -0.331. The SMILES string of the molecule is O=C(CN1CCN(C2CCNC2)CC1)NC(=O)NC1CCCCC1. The first-order valence-corrected chi connectivity index (χ1v) is 9.48. The van der Waals surface area contributed by atoms with Crippen LogP contribution in [-0.2, 0) is 4.79 Å². The monoisotopic (exact) mass is 337 g/mol. The molecule has 1 saturated carbocycles. The van der Waals surface area contributed by atoms with Crippen LogP contribution in [0.1, 0.15) is 38.5 Å². The molecule has 1 atom stereocenters. The van der Waals surface area contributed by atoms with Gasteiger partial charge in [0.2, 0.25) is 5.91 Å². The summed E-state index contributed by atoms with van der Waals surface area (Å²) < 4.78 is 0. The van der Waals surface area contributed by atoms with Crippen LogP contribution in [-0.4, -0.2) is 79.6 Å². The van der Waals surface area contributed by atoms with Gasteiger partial charge >= 0.3 is 6.03 Å². The number of piperazine rings is 1. The fourth-order valence-corrected chi connectivity index (χ4v) is 4.08. The van der Waals surface area contributed by atoms with Gasteiger partial charge < -0.3 is 10.6 Å². The van der Waals surface area contributed by atoms with Gasteiger partial charge in [0.25, 0.3) is 0 Å². The van der Waals surface area contributed by atoms with E-state index in [2.05, 4.69) is 25.8 Å². The number of imide groups is 1. The molecule has 2 aliphatic heterocycles. The summed E-state index contributed by atoms with van der Waals surface area (Å²) in [6.07, 6.45) is 6.86. The van der Waals surface area contributed by atoms with Crippen LogP contribution in [0.5, 0.6) is 0 Å². The molecule has 3 rings (SSSR count). The van der Waals surface area contributed by atoms with Crippen LogP contribution < -0.4 is 16.0 Å². The lowest BCUT2D eigenvalue weighted by molar-refractivity contribution is -0.121. The van der Waals surface area contributed by atoms with Gasteiger partial charge in [-0.3, -0.25) is 19.9 Å². The number of nitrogens with one attached hydrogen (secondary N) is 3. The number of carbonyl (C=O) groups excluding carboxylic acids is 2. The second-order valence-electron chi connectivity index (χ2n) is 7.32. The maximum absolute atomic E-state index is 12.1. The Kier molecular flexibility index (Phi) is 6.45. The minimum Gasteiger partial charge on any atom is -0.335 e. The lowest BCUT2D eigenvalue weighted by Crippen LogP contribution is -2.54. The molecule has 2 heterocycles. The number of nitrogens with zero attached hydrogens (tertiary/aromatic N) is 2. The second kappa shape index (κ2) is 8.78. The van der Waals surface area contributed by atoms with Crippen LogP contribution in [0.25, 0.3) is 0 Å². The Balaban J connectivity index is 1.32. The van der Waals surface area contributed by atoms with Gasteiger partial charge in [-0.2, -0.15) is 0 Å². The van der Waals surface area contributed by atoms with Gasteiger partial charge in [0.1, 0.15) is 0 Å². The largest absolute Gasteiger partial charge is 0.335 e. The molecule has 24 heavy (non-hydrogen) atoms. The molecule has 136 valence electrons. The van der Waals surface area contributed by atoms with E-state index in [4.69, 9.17) is 0 Å². The van der Waals surface area contributed by atoms with Crippen LogP contribution in [0.2, 0.25) is 0 Å². The van der Waals surface area contributed by atoms with Crippen molar-refractivity contribution in [2.45, 2.75) is 50.6 Å². The van der Waals surface area contributed by atoms with Gasteiger partial charge in [0.15, 0.2) is 0 Å². The molecule has 1 aliphatic carbocycles. The van der Waals surface area contributed by atoms with Gasteiger partial charge in [-0.25, -0.2) is 4.79 Å². The van der Waals surface area contributed by atoms with Crippen molar-refractivity contribution in [2.75, 3.05) is 45.8 Å². The highest BCUT2D eigenvalue weighted by molar-refractivity contribution is 5.95. The first kappa shape index (κ1) is 17.6. The Morgan fingerprint density at radius 3 is 2.42 bits per heavy atom. The second-order valence-corrected chi connectivity index (χ2v) is 7.32. The summed E-state index contributed by atoms with van der Waals surface area (Å²) in [5.41, 5.74) is 0. The molecule has 3 amide bonds. The Morgan fingerprint density at radius 1 is 1.00 bits per heavy atom. The van der Waals surface area contributed by atoms with E-state index in [0.29, 0.717) is 12.6 Å². The van der Waals surface area contributed by atoms with Crippen LogP contribution in [0.15, 0.2) is 0 Å². The molecule has 0 spiro atoms. The highest BCUT2D eigenvalue weighted by Crippen LogP contribution is 2.17. The van der Waals surface area contributed by atoms with Gasteiger partial charge in [0, 0.05) is 44.8 Å². The van der Waals surface area contributed by atoms with Crippen molar-refractivity contribution >= 4 is 11.9 Å². The number of carbonyl (C=O) groups is 2. The van der Waals surface area contributed by atoms with Crippen molar-refractivity contribution in [2.24, 2.45) is 0 Å². The molecule has 1 unspecified atom stereocenters. The number of urea groups is 1. The zero-order chi connectivity index (χ0) is 16.8. The van der Waals surface area contributed by atoms with Crippen molar-refractivity contribution in [1.29, 1.82) is 0 Å². The third-order valence-electron chi connectivity index (χ3n) is 5.52. The number of amides is 3. The molecule has 3 aliphatic rings. The van der Waals surface area contributed by atoms with Gasteiger partial charge in [0.05, 0.1) is 6.54 Å². The summed E-state index contributed by atoms with van der Waals surface area (Å²) >= 11 is 0. The summed E-state index contributed by atoms with van der Waals surface area (Å²) in [4.78, 5) is 28.6. The number of rotatable bonds is 4. The maximum Gasteiger partial charge on any atom is 0.321 e. The fourth-order valence-electron chi connectivity index (χ4n) is 4.08. The van der Waals surface area contributed by atoms with E-state index in [1.807, 2.05) is 0 Å². The fraction of sp³-hybridized carbons (Fsp3) is 0.882. The number of hydrogen-bond donors (Lipinski definition) is 3. The third-order valence-corrected chi connectivity index (χ3v) is 5.52. The minimum absolute atomic E-state index is 0.195. The van der Waals surface area contributed by atoms with Gasteiger partial charge in [-0.1, -0.05) is 19.3 Å². The Labute approximate surface area is 144 Å². The van der Waals surface area contributed by atoms with E-state index < -0.39 is 0 Å². The molecule has 3 N–H and O–H groups in total. The zero-order valence-electron chi connectivity index (χ0n) is 14.6. The van der Waals surface area contributed by atoms with E-state index in [1.54, 1.807) is 0 Å². The van der Waals surface area contributed by atoms with Crippen molar-refractivity contribution in [3.8, 4) is 0 Å². The molecule has 0 aromatic carbocycles. The average Bonchev–Trinajstić information content (AvgIpc) is 3.10. The summed E-state index contributed by atoms with van der Waals surface area (Å²) in [6, 6.07) is 0.555. The van der Waals surface area contributed by atoms with Crippen molar-refractivity contribution in [3.05, 3.63) is 0 Å². The Morgan fingerprint density at radius 2 is 1.75 bits per heavy atom. The molecular formula is C17H31N5O2. The predicted octanol–water partition coefficient (Wildman–Crippen LogP) is 0.124. The molecule has 0 aromatic heterocycles. The van der Waals surface area contributed by atoms with E-state index in [1.165, 1.54) is 25.7 Å². The van der Waals surface area contributed by atoms with E-state index in [0.717, 1.165) is 52.1 Å². The quantitative estimate of drug-likeness (QED) is 0.680. The van der Waals surface area contributed by atoms with Crippen molar-refractivity contribution in [3.63, 3.8) is 0 Å². The highest BCUT2D eigenvalue weighted by Gasteiger charge is 2.27. The lowest BCUT2D eigenvalue weighted by atomic mass is 9.96. The molecule has 7 nitrogen and oxygen atoms in total. The van der Waals surface area contributed by atoms with E-state index in [-0.39, 0.29) is 18.0 Å². The first-order chi connectivity index (χ1) is 11.7. The molecule has 2 saturated heterocycles. The molecule has 0 aromatic rings. The molecular weight excluding hydrogens is 306 g/mol. The molecule has 0 radical (unpaired) electrons. The summed E-state index contributed by atoms with van der Waals surface area (Å²) in [5.74, 6) is -0.195. The van der Waals surface area contributed by atoms with Crippen LogP contribution in [0.3, 0.4) is 0 Å². The molecule has 0 bridgehead atoms. The zero-order valence-corrected chi connectivity index (χ0v) is 14.6. The smallest absolute Gasteiger partial charge is 0.321 e. The lowest BCUT2D eigenvalue weighted by Gasteiger charge is -2.37. The van der Waals surface area contributed by atoms with Gasteiger partial charge in [-0.15, -0.1) is 0 Å². The van der Waals surface area contributed by atoms with E-state index in [9.17, 15) is 9.59 Å². The third kappa shape index (κ3) is 5.16. The van der Waals surface area contributed by atoms with Crippen LogP contribution in [0.4, 0.5) is 4.79 Å².